The molecule has 0 aromatic heterocycles. The molecule has 0 bridgehead atoms. The van der Waals surface area contributed by atoms with Gasteiger partial charge in [-0.3, -0.25) is 9.59 Å². The van der Waals surface area contributed by atoms with Gasteiger partial charge in [0, 0.05) is 18.6 Å². The highest BCUT2D eigenvalue weighted by Gasteiger charge is 2.24. The molecule has 0 saturated carbocycles. The molecule has 0 aromatic rings. The fourth-order valence-corrected chi connectivity index (χ4v) is 1.37. The molecule has 16 heavy (non-hydrogen) atoms. The van der Waals surface area contributed by atoms with E-state index in [1.165, 1.54) is 4.90 Å². The smallest absolute Gasteiger partial charge is 0.313 e. The van der Waals surface area contributed by atoms with E-state index in [0.717, 1.165) is 13.0 Å². The summed E-state index contributed by atoms with van der Waals surface area (Å²) < 4.78 is 0. The van der Waals surface area contributed by atoms with Crippen molar-refractivity contribution in [1.82, 2.24) is 9.80 Å². The van der Waals surface area contributed by atoms with E-state index in [1.807, 2.05) is 41.0 Å². The van der Waals surface area contributed by atoms with E-state index < -0.39 is 0 Å². The number of hydrogen-bond donors (Lipinski definition) is 0. The van der Waals surface area contributed by atoms with Gasteiger partial charge in [-0.25, -0.2) is 0 Å². The van der Waals surface area contributed by atoms with E-state index in [1.54, 1.807) is 4.90 Å². The second-order valence-corrected chi connectivity index (χ2v) is 4.82. The average Bonchev–Trinajstić information content (AvgIpc) is 2.20. The topological polar surface area (TPSA) is 40.6 Å². The van der Waals surface area contributed by atoms with Gasteiger partial charge < -0.3 is 9.80 Å². The third-order valence-electron chi connectivity index (χ3n) is 2.44. The molecule has 0 fully saturated rings. The molecule has 0 heterocycles. The molecule has 0 unspecified atom stereocenters. The van der Waals surface area contributed by atoms with Gasteiger partial charge in [0.2, 0.25) is 5.91 Å². The lowest BCUT2D eigenvalue weighted by Gasteiger charge is -2.32. The molecule has 0 saturated heterocycles. The Hall–Kier alpha value is -1.06. The van der Waals surface area contributed by atoms with Gasteiger partial charge in [-0.1, -0.05) is 6.92 Å². The van der Waals surface area contributed by atoms with Gasteiger partial charge in [-0.05, 0) is 34.1 Å². The minimum Gasteiger partial charge on any atom is -0.341 e. The Morgan fingerprint density at radius 2 is 1.81 bits per heavy atom. The predicted molar refractivity (Wildman–Crippen MR) is 64.7 cm³/mol. The van der Waals surface area contributed by atoms with Gasteiger partial charge in [0.15, 0.2) is 0 Å². The lowest BCUT2D eigenvalue weighted by Crippen LogP contribution is -2.47. The Labute approximate surface area is 98.6 Å². The van der Waals surface area contributed by atoms with Crippen molar-refractivity contribution in [3.63, 3.8) is 0 Å². The van der Waals surface area contributed by atoms with E-state index in [2.05, 4.69) is 0 Å². The van der Waals surface area contributed by atoms with Crippen molar-refractivity contribution < 1.29 is 9.59 Å². The molecule has 1 radical (unpaired) electrons. The Morgan fingerprint density at radius 1 is 1.25 bits per heavy atom. The number of rotatable bonds is 6. The average molecular weight is 227 g/mol. The van der Waals surface area contributed by atoms with E-state index in [-0.39, 0.29) is 18.0 Å². The maximum atomic E-state index is 11.9. The van der Waals surface area contributed by atoms with Gasteiger partial charge in [0.05, 0.1) is 0 Å². The van der Waals surface area contributed by atoms with Crippen molar-refractivity contribution in [2.45, 2.75) is 46.6 Å². The second-order valence-electron chi connectivity index (χ2n) is 4.82. The minimum atomic E-state index is -0.358. The first-order chi connectivity index (χ1) is 7.36. The standard InChI is InChI=1S/C12H23N2O2/c1-6-8-13(7-2)11(16)9-14(10-15)12(3,4)5/h6-9H2,1-5H3. The molecular formula is C12H23N2O2. The molecule has 0 atom stereocenters. The molecule has 0 aliphatic heterocycles. The number of hydrogen-bond acceptors (Lipinski definition) is 2. The first-order valence-corrected chi connectivity index (χ1v) is 5.80. The SMILES string of the molecule is CCCN(CC)C(=O)CN([C]=O)C(C)(C)C. The third-order valence-corrected chi connectivity index (χ3v) is 2.44. The molecule has 4 heteroatoms. The van der Waals surface area contributed by atoms with Crippen LogP contribution in [0.5, 0.6) is 0 Å². The Balaban J connectivity index is 4.45. The normalized spacial score (nSPS) is 11.1. The van der Waals surface area contributed by atoms with Crippen molar-refractivity contribution in [3.8, 4) is 0 Å². The first kappa shape index (κ1) is 14.9. The van der Waals surface area contributed by atoms with Crippen LogP contribution in [-0.2, 0) is 9.59 Å². The molecular weight excluding hydrogens is 204 g/mol. The summed E-state index contributed by atoms with van der Waals surface area (Å²) in [5.41, 5.74) is -0.358. The van der Waals surface area contributed by atoms with Crippen molar-refractivity contribution in [1.29, 1.82) is 0 Å². The zero-order valence-corrected chi connectivity index (χ0v) is 11.0. The fourth-order valence-electron chi connectivity index (χ4n) is 1.37. The minimum absolute atomic E-state index is 0.0115. The molecule has 93 valence electrons. The van der Waals surface area contributed by atoms with Crippen LogP contribution in [0.25, 0.3) is 0 Å². The van der Waals surface area contributed by atoms with Crippen LogP contribution in [0.15, 0.2) is 0 Å². The van der Waals surface area contributed by atoms with Crippen LogP contribution in [0, 0.1) is 0 Å². The van der Waals surface area contributed by atoms with Crippen LogP contribution in [0.3, 0.4) is 0 Å². The van der Waals surface area contributed by atoms with Crippen LogP contribution in [-0.4, -0.2) is 47.3 Å². The predicted octanol–water partition coefficient (Wildman–Crippen LogP) is 1.41. The van der Waals surface area contributed by atoms with Gasteiger partial charge >= 0.3 is 6.41 Å². The van der Waals surface area contributed by atoms with Gasteiger partial charge in [0.25, 0.3) is 0 Å². The summed E-state index contributed by atoms with van der Waals surface area (Å²) in [5, 5.41) is 0. The van der Waals surface area contributed by atoms with Crippen LogP contribution in [0.4, 0.5) is 0 Å². The number of nitrogens with zero attached hydrogens (tertiary/aromatic N) is 2. The summed E-state index contributed by atoms with van der Waals surface area (Å²) in [6.45, 7) is 11.2. The van der Waals surface area contributed by atoms with Crippen LogP contribution >= 0.6 is 0 Å². The highest BCUT2D eigenvalue weighted by molar-refractivity contribution is 5.80. The van der Waals surface area contributed by atoms with Crippen molar-refractivity contribution in [2.24, 2.45) is 0 Å². The zero-order valence-electron chi connectivity index (χ0n) is 11.0. The summed E-state index contributed by atoms with van der Waals surface area (Å²) in [6, 6.07) is 0. The molecule has 0 spiro atoms. The summed E-state index contributed by atoms with van der Waals surface area (Å²) >= 11 is 0. The molecule has 0 N–H and O–H groups in total. The van der Waals surface area contributed by atoms with Crippen LogP contribution in [0.1, 0.15) is 41.0 Å². The van der Waals surface area contributed by atoms with Crippen molar-refractivity contribution in [3.05, 3.63) is 0 Å². The van der Waals surface area contributed by atoms with E-state index >= 15 is 0 Å². The van der Waals surface area contributed by atoms with Crippen LogP contribution < -0.4 is 0 Å². The summed E-state index contributed by atoms with van der Waals surface area (Å²) in [6.07, 6.45) is 2.76. The molecule has 4 nitrogen and oxygen atoms in total. The van der Waals surface area contributed by atoms with E-state index in [9.17, 15) is 9.59 Å². The summed E-state index contributed by atoms with van der Waals surface area (Å²) in [7, 11) is 0. The number of carbonyl (C=O) groups excluding carboxylic acids is 2. The maximum absolute atomic E-state index is 11.9. The lowest BCUT2D eigenvalue weighted by atomic mass is 10.1. The Bertz CT molecular complexity index is 234. The second kappa shape index (κ2) is 6.51. The lowest BCUT2D eigenvalue weighted by molar-refractivity contribution is -0.132. The number of amides is 2. The third kappa shape index (κ3) is 4.64. The maximum Gasteiger partial charge on any atom is 0.313 e. The summed E-state index contributed by atoms with van der Waals surface area (Å²) in [4.78, 5) is 25.8. The van der Waals surface area contributed by atoms with Gasteiger partial charge in [-0.2, -0.15) is 0 Å². The van der Waals surface area contributed by atoms with E-state index in [0.29, 0.717) is 6.54 Å². The molecule has 0 aromatic carbocycles. The number of carbonyl (C=O) groups is 1. The molecule has 0 aliphatic rings. The summed E-state index contributed by atoms with van der Waals surface area (Å²) in [5.74, 6) is -0.0115. The van der Waals surface area contributed by atoms with Gasteiger partial charge in [-0.15, -0.1) is 0 Å². The molecule has 0 rings (SSSR count). The fraction of sp³-hybridized carbons (Fsp3) is 0.833. The largest absolute Gasteiger partial charge is 0.341 e. The molecule has 2 amide bonds. The molecule has 0 aliphatic carbocycles. The van der Waals surface area contributed by atoms with Crippen molar-refractivity contribution >= 4 is 12.3 Å². The monoisotopic (exact) mass is 227 g/mol. The highest BCUT2D eigenvalue weighted by Crippen LogP contribution is 2.10. The van der Waals surface area contributed by atoms with E-state index in [4.69, 9.17) is 0 Å². The Morgan fingerprint density at radius 3 is 2.12 bits per heavy atom. The van der Waals surface area contributed by atoms with Crippen molar-refractivity contribution in [2.75, 3.05) is 19.6 Å². The van der Waals surface area contributed by atoms with Gasteiger partial charge in [0.1, 0.15) is 6.54 Å². The quantitative estimate of drug-likeness (QED) is 0.644. The Kier molecular flexibility index (Phi) is 6.08. The van der Waals surface area contributed by atoms with Crippen LogP contribution in [0.2, 0.25) is 0 Å². The first-order valence-electron chi connectivity index (χ1n) is 5.80. The number of likely N-dealkylation sites (N-methyl/N-ethyl adjacent to an activating group) is 1. The zero-order chi connectivity index (χ0) is 12.8. The highest BCUT2D eigenvalue weighted by atomic mass is 16.2.